The highest BCUT2D eigenvalue weighted by Gasteiger charge is 2.10. The maximum absolute atomic E-state index is 13.6. The molecule has 0 bridgehead atoms. The lowest BCUT2D eigenvalue weighted by molar-refractivity contribution is 0.0950. The number of carbonyl (C=O) groups is 1. The molecule has 0 aliphatic rings. The van der Waals surface area contributed by atoms with Crippen LogP contribution in [0.5, 0.6) is 0 Å². The summed E-state index contributed by atoms with van der Waals surface area (Å²) < 4.78 is 39.0. The van der Waals surface area contributed by atoms with Gasteiger partial charge in [0.05, 0.1) is 6.26 Å². The van der Waals surface area contributed by atoms with Gasteiger partial charge in [0.25, 0.3) is 5.91 Å². The Kier molecular flexibility index (Phi) is 5.38. The van der Waals surface area contributed by atoms with Crippen molar-refractivity contribution in [2.24, 2.45) is 0 Å². The Hall–Kier alpha value is -1.93. The minimum atomic E-state index is -3.42. The number of amides is 1. The van der Waals surface area contributed by atoms with Gasteiger partial charge in [0.1, 0.15) is 5.82 Å². The van der Waals surface area contributed by atoms with Crippen molar-refractivity contribution in [2.75, 3.05) is 11.0 Å². The predicted octanol–water partition coefficient (Wildman–Crippen LogP) is 2.89. The molecular weight excluding hydrogens is 387 g/mol. The summed E-state index contributed by atoms with van der Waals surface area (Å²) in [4.78, 5) is 12.1. The van der Waals surface area contributed by atoms with E-state index in [9.17, 15) is 17.6 Å². The zero-order chi connectivity index (χ0) is 17.0. The fraction of sp³-hybridized carbons (Fsp3) is 0.133. The number of rotatable bonds is 5. The number of anilines is 1. The van der Waals surface area contributed by atoms with Crippen LogP contribution in [0, 0.1) is 5.82 Å². The smallest absolute Gasteiger partial charge is 0.251 e. The van der Waals surface area contributed by atoms with Crippen LogP contribution in [0.15, 0.2) is 46.9 Å². The van der Waals surface area contributed by atoms with Crippen LogP contribution >= 0.6 is 15.9 Å². The van der Waals surface area contributed by atoms with Crippen LogP contribution in [-0.4, -0.2) is 20.6 Å². The van der Waals surface area contributed by atoms with Gasteiger partial charge in [0, 0.05) is 27.8 Å². The highest BCUT2D eigenvalue weighted by Crippen LogP contribution is 2.16. The minimum absolute atomic E-state index is 0.0217. The maximum Gasteiger partial charge on any atom is 0.251 e. The van der Waals surface area contributed by atoms with E-state index in [1.54, 1.807) is 24.3 Å². The minimum Gasteiger partial charge on any atom is -0.348 e. The van der Waals surface area contributed by atoms with Crippen molar-refractivity contribution in [3.63, 3.8) is 0 Å². The fourth-order valence-corrected chi connectivity index (χ4v) is 2.86. The molecular formula is C15H14BrFN2O3S. The second-order valence-electron chi connectivity index (χ2n) is 4.87. The Morgan fingerprint density at radius 3 is 2.65 bits per heavy atom. The van der Waals surface area contributed by atoms with E-state index in [0.29, 0.717) is 10.0 Å². The third kappa shape index (κ3) is 5.33. The van der Waals surface area contributed by atoms with Crippen molar-refractivity contribution < 1.29 is 17.6 Å². The highest BCUT2D eigenvalue weighted by molar-refractivity contribution is 9.10. The third-order valence-electron chi connectivity index (χ3n) is 2.88. The van der Waals surface area contributed by atoms with Crippen LogP contribution in [0.25, 0.3) is 0 Å². The molecule has 23 heavy (non-hydrogen) atoms. The summed E-state index contributed by atoms with van der Waals surface area (Å²) in [6, 6.07) is 10.5. The Balaban J connectivity index is 2.09. The molecule has 2 aromatic rings. The molecule has 0 atom stereocenters. The van der Waals surface area contributed by atoms with Crippen molar-refractivity contribution in [2.45, 2.75) is 6.54 Å². The van der Waals surface area contributed by atoms with Crippen molar-refractivity contribution >= 4 is 37.5 Å². The SMILES string of the molecule is CS(=O)(=O)Nc1cccc(C(=O)NCc2cc(Br)ccc2F)c1. The molecule has 0 aliphatic heterocycles. The maximum atomic E-state index is 13.6. The standard InChI is InChI=1S/C15H14BrFN2O3S/c1-23(21,22)19-13-4-2-3-10(8-13)15(20)18-9-11-7-12(16)5-6-14(11)17/h2-8,19H,9H2,1H3,(H,18,20). The average molecular weight is 401 g/mol. The first-order valence-electron chi connectivity index (χ1n) is 6.54. The van der Waals surface area contributed by atoms with Gasteiger partial charge in [-0.05, 0) is 36.4 Å². The lowest BCUT2D eigenvalue weighted by atomic mass is 10.1. The van der Waals surface area contributed by atoms with E-state index < -0.39 is 21.7 Å². The van der Waals surface area contributed by atoms with E-state index in [-0.39, 0.29) is 17.8 Å². The number of hydrogen-bond donors (Lipinski definition) is 2. The lowest BCUT2D eigenvalue weighted by Gasteiger charge is -2.09. The van der Waals surface area contributed by atoms with E-state index in [1.807, 2.05) is 0 Å². The van der Waals surface area contributed by atoms with Crippen molar-refractivity contribution in [3.8, 4) is 0 Å². The number of carbonyl (C=O) groups excluding carboxylic acids is 1. The predicted molar refractivity (Wildman–Crippen MR) is 90.2 cm³/mol. The van der Waals surface area contributed by atoms with Gasteiger partial charge < -0.3 is 5.32 Å². The van der Waals surface area contributed by atoms with Crippen LogP contribution in [-0.2, 0) is 16.6 Å². The summed E-state index contributed by atoms with van der Waals surface area (Å²) in [5.41, 5.74) is 0.904. The van der Waals surface area contributed by atoms with Gasteiger partial charge in [0.15, 0.2) is 0 Å². The van der Waals surface area contributed by atoms with Crippen LogP contribution in [0.4, 0.5) is 10.1 Å². The van der Waals surface area contributed by atoms with Gasteiger partial charge in [-0.1, -0.05) is 22.0 Å². The quantitative estimate of drug-likeness (QED) is 0.809. The lowest BCUT2D eigenvalue weighted by Crippen LogP contribution is -2.23. The number of benzene rings is 2. The molecule has 0 fully saturated rings. The first-order valence-corrected chi connectivity index (χ1v) is 9.23. The number of halogens is 2. The van der Waals surface area contributed by atoms with Crippen LogP contribution in [0.3, 0.4) is 0 Å². The van der Waals surface area contributed by atoms with E-state index in [1.165, 1.54) is 18.2 Å². The van der Waals surface area contributed by atoms with Crippen molar-refractivity contribution in [3.05, 3.63) is 63.9 Å². The second kappa shape index (κ2) is 7.10. The van der Waals surface area contributed by atoms with Gasteiger partial charge in [0.2, 0.25) is 10.0 Å². The molecule has 0 radical (unpaired) electrons. The fourth-order valence-electron chi connectivity index (χ4n) is 1.89. The van der Waals surface area contributed by atoms with E-state index in [2.05, 4.69) is 26.0 Å². The number of sulfonamides is 1. The Labute approximate surface area is 142 Å². The summed E-state index contributed by atoms with van der Waals surface area (Å²) in [5.74, 6) is -0.845. The van der Waals surface area contributed by atoms with E-state index in [4.69, 9.17) is 0 Å². The molecule has 1 amide bonds. The zero-order valence-electron chi connectivity index (χ0n) is 12.1. The zero-order valence-corrected chi connectivity index (χ0v) is 14.5. The third-order valence-corrected chi connectivity index (χ3v) is 3.97. The molecule has 2 aromatic carbocycles. The average Bonchev–Trinajstić information content (AvgIpc) is 2.46. The molecule has 0 aliphatic carbocycles. The summed E-state index contributed by atoms with van der Waals surface area (Å²) in [7, 11) is -3.42. The van der Waals surface area contributed by atoms with Crippen molar-refractivity contribution in [1.82, 2.24) is 5.32 Å². The summed E-state index contributed by atoms with van der Waals surface area (Å²) in [5, 5.41) is 2.60. The monoisotopic (exact) mass is 400 g/mol. The van der Waals surface area contributed by atoms with Gasteiger partial charge >= 0.3 is 0 Å². The summed E-state index contributed by atoms with van der Waals surface area (Å²) in [6.45, 7) is 0.0217. The van der Waals surface area contributed by atoms with E-state index >= 15 is 0 Å². The molecule has 0 aromatic heterocycles. The normalized spacial score (nSPS) is 11.1. The van der Waals surface area contributed by atoms with Crippen molar-refractivity contribution in [1.29, 1.82) is 0 Å². The van der Waals surface area contributed by atoms with E-state index in [0.717, 1.165) is 6.26 Å². The number of hydrogen-bond acceptors (Lipinski definition) is 3. The molecule has 0 spiro atoms. The summed E-state index contributed by atoms with van der Waals surface area (Å²) in [6.07, 6.45) is 1.02. The molecule has 2 rings (SSSR count). The van der Waals surface area contributed by atoms with Crippen LogP contribution < -0.4 is 10.0 Å². The molecule has 0 heterocycles. The topological polar surface area (TPSA) is 75.3 Å². The second-order valence-corrected chi connectivity index (χ2v) is 7.54. The van der Waals surface area contributed by atoms with Gasteiger partial charge in [-0.25, -0.2) is 12.8 Å². The summed E-state index contributed by atoms with van der Waals surface area (Å²) >= 11 is 3.24. The van der Waals surface area contributed by atoms with Gasteiger partial charge in [-0.15, -0.1) is 0 Å². The Morgan fingerprint density at radius 2 is 1.96 bits per heavy atom. The molecule has 0 saturated heterocycles. The Morgan fingerprint density at radius 1 is 1.22 bits per heavy atom. The molecule has 0 unspecified atom stereocenters. The molecule has 5 nitrogen and oxygen atoms in total. The van der Waals surface area contributed by atoms with Gasteiger partial charge in [-0.2, -0.15) is 0 Å². The first kappa shape index (κ1) is 17.4. The molecule has 122 valence electrons. The molecule has 0 saturated carbocycles. The van der Waals surface area contributed by atoms with Gasteiger partial charge in [-0.3, -0.25) is 9.52 Å². The van der Waals surface area contributed by atoms with Crippen LogP contribution in [0.2, 0.25) is 0 Å². The number of nitrogens with one attached hydrogen (secondary N) is 2. The van der Waals surface area contributed by atoms with Crippen LogP contribution in [0.1, 0.15) is 15.9 Å². The molecule has 8 heteroatoms. The first-order chi connectivity index (χ1) is 10.7. The largest absolute Gasteiger partial charge is 0.348 e. The Bertz CT molecular complexity index is 840. The molecule has 2 N–H and O–H groups in total. The highest BCUT2D eigenvalue weighted by atomic mass is 79.9.